The third-order valence-corrected chi connectivity index (χ3v) is 6.80. The molecule has 0 unspecified atom stereocenters. The molecule has 0 saturated heterocycles. The Kier molecular flexibility index (Phi) is 5.53. The second-order valence-electron chi connectivity index (χ2n) is 3.22. The molecule has 2 aromatic carbocycles. The van der Waals surface area contributed by atoms with Gasteiger partial charge in [-0.25, -0.2) is 0 Å². The summed E-state index contributed by atoms with van der Waals surface area (Å²) in [5, 5.41) is 1.72. The van der Waals surface area contributed by atoms with Crippen LogP contribution in [0.3, 0.4) is 0 Å². The molecule has 2 rings (SSSR count). The zero-order valence-corrected chi connectivity index (χ0v) is 13.6. The summed E-state index contributed by atoms with van der Waals surface area (Å²) in [7, 11) is 0. The summed E-state index contributed by atoms with van der Waals surface area (Å²) in [6.07, 6.45) is 0. The molecule has 16 heavy (non-hydrogen) atoms. The van der Waals surface area contributed by atoms with E-state index in [0.29, 0.717) is 0 Å². The normalized spacial score (nSPS) is 10.6. The summed E-state index contributed by atoms with van der Waals surface area (Å²) in [6, 6.07) is 19.0. The van der Waals surface area contributed by atoms with Crippen molar-refractivity contribution in [2.45, 2.75) is 0 Å². The van der Waals surface area contributed by atoms with Crippen LogP contribution in [0.4, 0.5) is 0 Å². The van der Waals surface area contributed by atoms with Crippen molar-refractivity contribution in [1.82, 2.24) is 0 Å². The van der Waals surface area contributed by atoms with Crippen molar-refractivity contribution in [3.05, 3.63) is 60.7 Å². The van der Waals surface area contributed by atoms with E-state index < -0.39 is 5.83 Å². The molecule has 0 atom stereocenters. The van der Waals surface area contributed by atoms with E-state index in [1.54, 1.807) is 0 Å². The first kappa shape index (κ1) is 14.3. The van der Waals surface area contributed by atoms with Crippen LogP contribution in [0.15, 0.2) is 60.7 Å². The molecule has 0 N–H and O–H groups in total. The van der Waals surface area contributed by atoms with Gasteiger partial charge in [0.1, 0.15) is 0 Å². The Balaban J connectivity index is 0.00000128. The van der Waals surface area contributed by atoms with Gasteiger partial charge in [-0.1, -0.05) is 0 Å². The fraction of sp³-hybridized carbons (Fsp3) is 0. The maximum Gasteiger partial charge on any atom is 1.00 e. The predicted molar refractivity (Wildman–Crippen MR) is 65.5 cm³/mol. The fourth-order valence-electron chi connectivity index (χ4n) is 1.40. The Bertz CT molecular complexity index is 443. The van der Waals surface area contributed by atoms with Gasteiger partial charge in [0, 0.05) is 0 Å². The number of hydrogen-bond donors (Lipinski definition) is 0. The molecule has 0 bridgehead atoms. The minimum atomic E-state index is -2.52. The summed E-state index contributed by atoms with van der Waals surface area (Å²) in [4.78, 5) is 0. The largest absolute Gasteiger partial charge is 1.00 e. The number of hydrogen-bond acceptors (Lipinski definition) is 1. The van der Waals surface area contributed by atoms with E-state index >= 15 is 0 Å². The van der Waals surface area contributed by atoms with Gasteiger partial charge in [-0.2, -0.15) is 0 Å². The third-order valence-electron chi connectivity index (χ3n) is 2.19. The summed E-state index contributed by atoms with van der Waals surface area (Å²) < 4.78 is 12.6. The van der Waals surface area contributed by atoms with Crippen LogP contribution in [0.2, 0.25) is 0 Å². The molecule has 0 aliphatic rings. The Morgan fingerprint density at radius 2 is 1.06 bits per heavy atom. The predicted octanol–water partition coefficient (Wildman–Crippen LogP) is -0.912. The maximum absolute atomic E-state index is 12.6. The Hall–Kier alpha value is 0.189. The van der Waals surface area contributed by atoms with Crippen LogP contribution >= 0.6 is 5.83 Å². The van der Waals surface area contributed by atoms with Gasteiger partial charge in [0.2, 0.25) is 0 Å². The van der Waals surface area contributed by atoms with Gasteiger partial charge >= 0.3 is 127 Å². The van der Waals surface area contributed by atoms with E-state index in [0.717, 1.165) is 10.6 Å². The van der Waals surface area contributed by atoms with Gasteiger partial charge in [0.05, 0.1) is 0 Å². The molecule has 2 aromatic rings. The van der Waals surface area contributed by atoms with E-state index in [1.165, 1.54) is 0 Å². The molecule has 76 valence electrons. The van der Waals surface area contributed by atoms with Gasteiger partial charge in [-0.05, 0) is 0 Å². The molecule has 0 radical (unpaired) electrons. The second-order valence-corrected chi connectivity index (χ2v) is 8.59. The van der Waals surface area contributed by atoms with Crippen LogP contribution in [-0.2, 0) is 4.57 Å². The van der Waals surface area contributed by atoms with Gasteiger partial charge in [-0.3, -0.25) is 0 Å². The Morgan fingerprint density at radius 3 is 1.38 bits per heavy atom. The van der Waals surface area contributed by atoms with Crippen molar-refractivity contribution >= 4 is 32.0 Å². The average molecular weight is 303 g/mol. The Morgan fingerprint density at radius 1 is 0.750 bits per heavy atom. The monoisotopic (exact) mass is 304 g/mol. The van der Waals surface area contributed by atoms with Crippen molar-refractivity contribution in [1.29, 1.82) is 0 Å². The molecular weight excluding hydrogens is 293 g/mol. The summed E-state index contributed by atoms with van der Waals surface area (Å²) >= 11 is 2.84. The SMILES string of the molecule is O=P([Se-])(c1ccccc1)c1ccccc1.[Na+]. The minimum absolute atomic E-state index is 0. The van der Waals surface area contributed by atoms with Crippen LogP contribution in [0.5, 0.6) is 0 Å². The molecular formula is C12H10NaOPSe. The van der Waals surface area contributed by atoms with Crippen molar-refractivity contribution < 1.29 is 34.1 Å². The molecule has 0 fully saturated rings. The van der Waals surface area contributed by atoms with E-state index in [9.17, 15) is 4.57 Å². The van der Waals surface area contributed by atoms with E-state index in [2.05, 4.69) is 15.6 Å². The van der Waals surface area contributed by atoms with Crippen molar-refractivity contribution in [3.8, 4) is 0 Å². The maximum atomic E-state index is 12.6. The quantitative estimate of drug-likeness (QED) is 0.518. The van der Waals surface area contributed by atoms with Crippen LogP contribution in [-0.4, -0.2) is 15.6 Å². The van der Waals surface area contributed by atoms with Crippen LogP contribution in [0, 0.1) is 0 Å². The van der Waals surface area contributed by atoms with Crippen molar-refractivity contribution in [2.75, 3.05) is 0 Å². The van der Waals surface area contributed by atoms with Gasteiger partial charge < -0.3 is 0 Å². The molecule has 1 nitrogen and oxygen atoms in total. The zero-order valence-electron chi connectivity index (χ0n) is 9.04. The van der Waals surface area contributed by atoms with E-state index in [-0.39, 0.29) is 29.6 Å². The fourth-order valence-corrected chi connectivity index (χ4v) is 4.36. The number of benzene rings is 2. The molecule has 0 aliphatic heterocycles. The first-order valence-electron chi connectivity index (χ1n) is 4.63. The summed E-state index contributed by atoms with van der Waals surface area (Å²) in [6.45, 7) is 0. The molecule has 0 heterocycles. The zero-order chi connectivity index (χ0) is 10.7. The van der Waals surface area contributed by atoms with E-state index in [4.69, 9.17) is 0 Å². The molecule has 0 aliphatic carbocycles. The molecule has 0 amide bonds. The molecule has 4 heteroatoms. The van der Waals surface area contributed by atoms with Gasteiger partial charge in [0.15, 0.2) is 0 Å². The average Bonchev–Trinajstić information content (AvgIpc) is 2.31. The second kappa shape index (κ2) is 6.21. The van der Waals surface area contributed by atoms with Gasteiger partial charge in [0.25, 0.3) is 0 Å². The Labute approximate surface area is 126 Å². The smallest absolute Gasteiger partial charge is 1.00 e. The van der Waals surface area contributed by atoms with Gasteiger partial charge in [-0.15, -0.1) is 0 Å². The first-order chi connectivity index (χ1) is 7.21. The topological polar surface area (TPSA) is 17.1 Å². The van der Waals surface area contributed by atoms with E-state index in [1.807, 2.05) is 60.7 Å². The molecule has 0 spiro atoms. The standard InChI is InChI=1S/C12H11OPSe.Na/c13-14(15,11-7-3-1-4-8-11)12-9-5-2-6-10-12;/h1-10H,(H,13,15);/q;+1/p-1. The van der Waals surface area contributed by atoms with Crippen LogP contribution in [0.1, 0.15) is 0 Å². The summed E-state index contributed by atoms with van der Waals surface area (Å²) in [5.41, 5.74) is 0. The molecule has 0 saturated carbocycles. The summed E-state index contributed by atoms with van der Waals surface area (Å²) in [5.74, 6) is -2.52. The first-order valence-corrected chi connectivity index (χ1v) is 8.56. The van der Waals surface area contributed by atoms with Crippen LogP contribution < -0.4 is 40.2 Å². The number of rotatable bonds is 2. The molecule has 0 aromatic heterocycles. The third kappa shape index (κ3) is 3.11. The van der Waals surface area contributed by atoms with Crippen LogP contribution in [0.25, 0.3) is 0 Å². The minimum Gasteiger partial charge on any atom is 1.00 e. The van der Waals surface area contributed by atoms with Crippen molar-refractivity contribution in [2.24, 2.45) is 0 Å². The van der Waals surface area contributed by atoms with Crippen molar-refractivity contribution in [3.63, 3.8) is 0 Å².